The number of aliphatic carboxylic acids is 1. The molecule has 1 aliphatic heterocycles. The van der Waals surface area contributed by atoms with Gasteiger partial charge in [0.1, 0.15) is 6.04 Å². The molecule has 96 valence electrons. The highest BCUT2D eigenvalue weighted by Gasteiger charge is 2.41. The topological polar surface area (TPSA) is 77.8 Å². The third-order valence-electron chi connectivity index (χ3n) is 3.12. The molecule has 2 rings (SSSR count). The molecule has 0 bridgehead atoms. The first kappa shape index (κ1) is 12.7. The summed E-state index contributed by atoms with van der Waals surface area (Å²) in [6.07, 6.45) is -0.410. The average molecular weight is 270 g/mol. The van der Waals surface area contributed by atoms with E-state index in [9.17, 15) is 9.59 Å². The van der Waals surface area contributed by atoms with Crippen molar-refractivity contribution in [3.63, 3.8) is 0 Å². The van der Waals surface area contributed by atoms with Gasteiger partial charge in [0.15, 0.2) is 0 Å². The van der Waals surface area contributed by atoms with Crippen LogP contribution >= 0.6 is 11.6 Å². The molecule has 0 aliphatic carbocycles. The van der Waals surface area contributed by atoms with Gasteiger partial charge in [0, 0.05) is 5.02 Å². The fraction of sp³-hybridized carbons (Fsp3) is 0.333. The fourth-order valence-electron chi connectivity index (χ4n) is 2.36. The Bertz CT molecular complexity index is 491. The van der Waals surface area contributed by atoms with E-state index in [1.807, 2.05) is 0 Å². The number of carboxylic acid groups (broad SMARTS) is 2. The van der Waals surface area contributed by atoms with Crippen molar-refractivity contribution in [2.24, 2.45) is 0 Å². The Kier molecular flexibility index (Phi) is 3.43. The lowest BCUT2D eigenvalue weighted by Crippen LogP contribution is -2.40. The highest BCUT2D eigenvalue weighted by molar-refractivity contribution is 6.30. The monoisotopic (exact) mass is 269 g/mol. The van der Waals surface area contributed by atoms with Crippen LogP contribution in [-0.2, 0) is 4.79 Å². The predicted octanol–water partition coefficient (Wildman–Crippen LogP) is 2.61. The van der Waals surface area contributed by atoms with Crippen LogP contribution in [0.2, 0.25) is 5.02 Å². The Labute approximate surface area is 109 Å². The zero-order chi connectivity index (χ0) is 13.3. The van der Waals surface area contributed by atoms with Crippen LogP contribution < -0.4 is 0 Å². The third-order valence-corrected chi connectivity index (χ3v) is 3.36. The quantitative estimate of drug-likeness (QED) is 0.865. The van der Waals surface area contributed by atoms with Gasteiger partial charge in [0.05, 0.1) is 6.04 Å². The maximum absolute atomic E-state index is 11.2. The summed E-state index contributed by atoms with van der Waals surface area (Å²) in [5.74, 6) is -1.11. The average Bonchev–Trinajstić information content (AvgIpc) is 2.73. The Balaban J connectivity index is 2.33. The number of carbonyl (C=O) groups is 2. The summed E-state index contributed by atoms with van der Waals surface area (Å²) in [6.45, 7) is 0. The molecule has 1 fully saturated rings. The number of amides is 1. The minimum atomic E-state index is -1.22. The van der Waals surface area contributed by atoms with Crippen LogP contribution in [0.25, 0.3) is 0 Å². The first-order valence-electron chi connectivity index (χ1n) is 5.50. The molecule has 18 heavy (non-hydrogen) atoms. The van der Waals surface area contributed by atoms with E-state index in [1.165, 1.54) is 0 Å². The number of nitrogens with zero attached hydrogens (tertiary/aromatic N) is 1. The highest BCUT2D eigenvalue weighted by Crippen LogP contribution is 2.36. The van der Waals surface area contributed by atoms with E-state index in [0.29, 0.717) is 17.9 Å². The summed E-state index contributed by atoms with van der Waals surface area (Å²) in [6, 6.07) is 5.43. The van der Waals surface area contributed by atoms with Gasteiger partial charge in [-0.15, -0.1) is 0 Å². The molecule has 0 aromatic heterocycles. The third kappa shape index (κ3) is 2.26. The van der Waals surface area contributed by atoms with Gasteiger partial charge in [0.25, 0.3) is 0 Å². The Morgan fingerprint density at radius 2 is 2.00 bits per heavy atom. The predicted molar refractivity (Wildman–Crippen MR) is 64.7 cm³/mol. The van der Waals surface area contributed by atoms with Gasteiger partial charge < -0.3 is 10.2 Å². The largest absolute Gasteiger partial charge is 0.480 e. The molecule has 0 spiro atoms. The molecular formula is C12H12ClNO4. The van der Waals surface area contributed by atoms with Crippen LogP contribution in [0.4, 0.5) is 4.79 Å². The molecule has 1 aliphatic rings. The number of rotatable bonds is 2. The minimum absolute atomic E-state index is 0.318. The zero-order valence-corrected chi connectivity index (χ0v) is 10.2. The van der Waals surface area contributed by atoms with Crippen LogP contribution in [0, 0.1) is 0 Å². The molecule has 1 aromatic rings. The van der Waals surface area contributed by atoms with E-state index in [1.54, 1.807) is 24.3 Å². The van der Waals surface area contributed by atoms with Crippen molar-refractivity contribution >= 4 is 23.7 Å². The molecule has 1 heterocycles. The zero-order valence-electron chi connectivity index (χ0n) is 9.41. The van der Waals surface area contributed by atoms with Crippen LogP contribution in [0.1, 0.15) is 24.4 Å². The van der Waals surface area contributed by atoms with E-state index in [0.717, 1.165) is 10.5 Å². The van der Waals surface area contributed by atoms with Crippen molar-refractivity contribution in [1.82, 2.24) is 4.90 Å². The van der Waals surface area contributed by atoms with Gasteiger partial charge in [-0.1, -0.05) is 23.7 Å². The molecule has 0 radical (unpaired) electrons. The van der Waals surface area contributed by atoms with Gasteiger partial charge in [0.2, 0.25) is 0 Å². The second-order valence-electron chi connectivity index (χ2n) is 4.19. The molecular weight excluding hydrogens is 258 g/mol. The van der Waals surface area contributed by atoms with Crippen molar-refractivity contribution in [2.75, 3.05) is 0 Å². The van der Waals surface area contributed by atoms with E-state index in [-0.39, 0.29) is 0 Å². The summed E-state index contributed by atoms with van der Waals surface area (Å²) in [4.78, 5) is 23.2. The maximum atomic E-state index is 11.2. The summed E-state index contributed by atoms with van der Waals surface area (Å²) >= 11 is 5.87. The maximum Gasteiger partial charge on any atom is 0.408 e. The first-order valence-corrected chi connectivity index (χ1v) is 5.88. The standard InChI is InChI=1S/C12H12ClNO4/c13-8-3-1-2-7(6-8)9-4-5-10(11(15)16)14(9)12(17)18/h1-3,6,9-10H,4-5H2,(H,15,16)(H,17,18)/t9-,10+/m0/s1. The van der Waals surface area contributed by atoms with Crippen molar-refractivity contribution < 1.29 is 19.8 Å². The van der Waals surface area contributed by atoms with Gasteiger partial charge in [-0.3, -0.25) is 4.90 Å². The Hall–Kier alpha value is -1.75. The summed E-state index contributed by atoms with van der Waals surface area (Å²) < 4.78 is 0. The molecule has 2 N–H and O–H groups in total. The normalized spacial score (nSPS) is 23.1. The van der Waals surface area contributed by atoms with Gasteiger partial charge >= 0.3 is 12.1 Å². The lowest BCUT2D eigenvalue weighted by Gasteiger charge is -2.25. The number of hydrogen-bond acceptors (Lipinski definition) is 2. The van der Waals surface area contributed by atoms with Crippen molar-refractivity contribution in [1.29, 1.82) is 0 Å². The molecule has 1 amide bonds. The molecule has 1 aromatic carbocycles. The smallest absolute Gasteiger partial charge is 0.408 e. The Morgan fingerprint density at radius 1 is 1.28 bits per heavy atom. The van der Waals surface area contributed by atoms with Crippen molar-refractivity contribution in [3.8, 4) is 0 Å². The number of hydrogen-bond donors (Lipinski definition) is 2. The van der Waals surface area contributed by atoms with E-state index in [4.69, 9.17) is 21.8 Å². The lowest BCUT2D eigenvalue weighted by atomic mass is 10.1. The van der Waals surface area contributed by atoms with Crippen LogP contribution in [0.15, 0.2) is 24.3 Å². The van der Waals surface area contributed by atoms with Crippen LogP contribution in [0.3, 0.4) is 0 Å². The highest BCUT2D eigenvalue weighted by atomic mass is 35.5. The fourth-order valence-corrected chi connectivity index (χ4v) is 2.56. The van der Waals surface area contributed by atoms with E-state index < -0.39 is 24.1 Å². The molecule has 0 saturated carbocycles. The number of carboxylic acids is 1. The molecule has 1 saturated heterocycles. The Morgan fingerprint density at radius 3 is 2.56 bits per heavy atom. The van der Waals surface area contributed by atoms with Gasteiger partial charge in [-0.2, -0.15) is 0 Å². The molecule has 2 atom stereocenters. The van der Waals surface area contributed by atoms with E-state index in [2.05, 4.69) is 0 Å². The van der Waals surface area contributed by atoms with E-state index >= 15 is 0 Å². The number of likely N-dealkylation sites (tertiary alicyclic amines) is 1. The van der Waals surface area contributed by atoms with Crippen LogP contribution in [-0.4, -0.2) is 33.2 Å². The number of benzene rings is 1. The van der Waals surface area contributed by atoms with Crippen molar-refractivity contribution in [2.45, 2.75) is 24.9 Å². The molecule has 5 nitrogen and oxygen atoms in total. The summed E-state index contributed by atoms with van der Waals surface area (Å²) in [5, 5.41) is 18.7. The van der Waals surface area contributed by atoms with Crippen LogP contribution in [0.5, 0.6) is 0 Å². The number of halogens is 1. The SMILES string of the molecule is O=C(O)[C@H]1CC[C@@H](c2cccc(Cl)c2)N1C(=O)O. The first-order chi connectivity index (χ1) is 8.50. The van der Waals surface area contributed by atoms with Crippen molar-refractivity contribution in [3.05, 3.63) is 34.9 Å². The molecule has 6 heteroatoms. The minimum Gasteiger partial charge on any atom is -0.480 e. The van der Waals surface area contributed by atoms with Gasteiger partial charge in [-0.25, -0.2) is 9.59 Å². The lowest BCUT2D eigenvalue weighted by molar-refractivity contribution is -0.142. The second kappa shape index (κ2) is 4.86. The molecule has 0 unspecified atom stereocenters. The second-order valence-corrected chi connectivity index (χ2v) is 4.63. The summed E-state index contributed by atoms with van der Waals surface area (Å²) in [7, 11) is 0. The van der Waals surface area contributed by atoms with Gasteiger partial charge in [-0.05, 0) is 30.5 Å². The summed E-state index contributed by atoms with van der Waals surface area (Å²) in [5.41, 5.74) is 0.730.